The lowest BCUT2D eigenvalue weighted by atomic mass is 9.85. The number of hydrogen-bond donors (Lipinski definition) is 1. The van der Waals surface area contributed by atoms with E-state index in [1.165, 1.54) is 30.2 Å². The van der Waals surface area contributed by atoms with Crippen LogP contribution >= 0.6 is 24.8 Å². The van der Waals surface area contributed by atoms with Crippen LogP contribution in [0.3, 0.4) is 0 Å². The predicted octanol–water partition coefficient (Wildman–Crippen LogP) is 7.97. The fraction of sp³-hybridized carbons (Fsp3) is 0.543. The van der Waals surface area contributed by atoms with Crippen LogP contribution < -0.4 is 0 Å². The third kappa shape index (κ3) is 8.20. The first-order valence-corrected chi connectivity index (χ1v) is 15.8. The summed E-state index contributed by atoms with van der Waals surface area (Å²) in [4.78, 5) is 14.9. The zero-order valence-corrected chi connectivity index (χ0v) is 26.7. The first kappa shape index (κ1) is 33.5. The zero-order valence-electron chi connectivity index (χ0n) is 25.1. The van der Waals surface area contributed by atoms with Gasteiger partial charge in [-0.1, -0.05) is 55.3 Å². The molecule has 8 heteroatoms. The molecule has 2 saturated carbocycles. The van der Waals surface area contributed by atoms with Gasteiger partial charge in [0.05, 0.1) is 11.6 Å². The Morgan fingerprint density at radius 1 is 1.00 bits per heavy atom. The SMILES string of the molecule is CCn1nc(Cc2ccccc2)cc1C1CCN(CC2CC([C@@H](CC3CC3)C(=O)O)CC2c2cccc(F)c2)CC1.Cl.Cl. The molecule has 3 fully saturated rings. The Balaban J connectivity index is 0.00000212. The van der Waals surface area contributed by atoms with Gasteiger partial charge in [-0.3, -0.25) is 9.48 Å². The van der Waals surface area contributed by atoms with Crippen molar-refractivity contribution in [2.24, 2.45) is 23.7 Å². The first-order chi connectivity index (χ1) is 20.0. The molecule has 6 rings (SSSR count). The summed E-state index contributed by atoms with van der Waals surface area (Å²) in [7, 11) is 0. The van der Waals surface area contributed by atoms with Crippen LogP contribution in [-0.4, -0.2) is 45.4 Å². The third-order valence-electron chi connectivity index (χ3n) is 10.1. The number of carboxylic acids is 1. The number of carboxylic acid groups (broad SMARTS) is 1. The van der Waals surface area contributed by atoms with Crippen LogP contribution in [0.5, 0.6) is 0 Å². The number of piperidine rings is 1. The highest BCUT2D eigenvalue weighted by atomic mass is 35.5. The van der Waals surface area contributed by atoms with Crippen molar-refractivity contribution in [2.75, 3.05) is 19.6 Å². The van der Waals surface area contributed by atoms with Gasteiger partial charge in [0, 0.05) is 31.1 Å². The maximum Gasteiger partial charge on any atom is 0.306 e. The van der Waals surface area contributed by atoms with Gasteiger partial charge in [-0.2, -0.15) is 5.10 Å². The topological polar surface area (TPSA) is 58.4 Å². The molecule has 2 aromatic carbocycles. The minimum atomic E-state index is -0.638. The summed E-state index contributed by atoms with van der Waals surface area (Å²) in [6.07, 6.45) is 8.02. The lowest BCUT2D eigenvalue weighted by Crippen LogP contribution is -2.37. The summed E-state index contributed by atoms with van der Waals surface area (Å²) < 4.78 is 16.4. The summed E-state index contributed by atoms with van der Waals surface area (Å²) in [6.45, 7) is 6.10. The van der Waals surface area contributed by atoms with E-state index >= 15 is 0 Å². The smallest absolute Gasteiger partial charge is 0.306 e. The summed E-state index contributed by atoms with van der Waals surface area (Å²) in [5.74, 6) is 0.743. The molecule has 0 amide bonds. The Labute approximate surface area is 268 Å². The molecule has 3 aromatic rings. The van der Waals surface area contributed by atoms with Crippen LogP contribution in [0.2, 0.25) is 0 Å². The molecular weight excluding hydrogens is 584 g/mol. The number of halogens is 3. The van der Waals surface area contributed by atoms with E-state index in [9.17, 15) is 14.3 Å². The van der Waals surface area contributed by atoms with Crippen LogP contribution in [0.1, 0.15) is 86.2 Å². The number of hydrogen-bond acceptors (Lipinski definition) is 3. The number of rotatable bonds is 11. The summed E-state index contributed by atoms with van der Waals surface area (Å²) >= 11 is 0. The maximum atomic E-state index is 14.2. The minimum Gasteiger partial charge on any atom is -0.481 e. The Kier molecular flexibility index (Phi) is 11.7. The fourth-order valence-corrected chi connectivity index (χ4v) is 7.75. The standard InChI is InChI=1S/C35H44FN3O2.2ClH/c1-2-39-34(22-31(37-39)17-24-7-4-3-5-8-24)26-13-15-38(16-14-26)23-29-19-28(33(35(40)41)18-25-11-12-25)21-32(29)27-9-6-10-30(36)20-27;;/h3-10,20,22,25-26,28-29,32-33H,2,11-19,21,23H2,1H3,(H,40,41);2*1H/t28?,29?,32?,33-;;/m1../s1. The van der Waals surface area contributed by atoms with Crippen LogP contribution in [0.25, 0.3) is 0 Å². The number of aromatic nitrogens is 2. The van der Waals surface area contributed by atoms with Gasteiger partial charge in [0.2, 0.25) is 0 Å². The van der Waals surface area contributed by atoms with Gasteiger partial charge in [-0.05, 0) is 105 Å². The minimum absolute atomic E-state index is 0. The summed E-state index contributed by atoms with van der Waals surface area (Å²) in [5.41, 5.74) is 4.84. The van der Waals surface area contributed by atoms with Gasteiger partial charge < -0.3 is 10.0 Å². The van der Waals surface area contributed by atoms with Crippen molar-refractivity contribution in [1.82, 2.24) is 14.7 Å². The average molecular weight is 631 g/mol. The molecular formula is C35H46Cl2FN3O2. The highest BCUT2D eigenvalue weighted by Gasteiger charge is 2.43. The number of carbonyl (C=O) groups is 1. The normalized spacial score (nSPS) is 23.3. The van der Waals surface area contributed by atoms with Crippen molar-refractivity contribution < 1.29 is 14.3 Å². The van der Waals surface area contributed by atoms with Gasteiger partial charge in [0.25, 0.3) is 0 Å². The molecule has 2 heterocycles. The van der Waals surface area contributed by atoms with E-state index in [1.807, 2.05) is 12.1 Å². The molecule has 1 aliphatic heterocycles. The van der Waals surface area contributed by atoms with E-state index < -0.39 is 5.97 Å². The zero-order chi connectivity index (χ0) is 28.3. The first-order valence-electron chi connectivity index (χ1n) is 15.8. The fourth-order valence-electron chi connectivity index (χ4n) is 7.75. The maximum absolute atomic E-state index is 14.2. The average Bonchev–Trinajstić information content (AvgIpc) is 3.57. The molecule has 0 bridgehead atoms. The van der Waals surface area contributed by atoms with E-state index in [2.05, 4.69) is 52.9 Å². The Morgan fingerprint density at radius 2 is 1.74 bits per heavy atom. The van der Waals surface area contributed by atoms with E-state index in [1.54, 1.807) is 6.07 Å². The van der Waals surface area contributed by atoms with Crippen molar-refractivity contribution in [2.45, 2.75) is 76.7 Å². The monoisotopic (exact) mass is 629 g/mol. The van der Waals surface area contributed by atoms with E-state index in [0.29, 0.717) is 17.8 Å². The molecule has 0 spiro atoms. The van der Waals surface area contributed by atoms with Gasteiger partial charge in [0.1, 0.15) is 5.82 Å². The second-order valence-electron chi connectivity index (χ2n) is 12.9. The quantitative estimate of drug-likeness (QED) is 0.234. The Morgan fingerprint density at radius 3 is 2.40 bits per heavy atom. The molecule has 1 saturated heterocycles. The molecule has 3 unspecified atom stereocenters. The number of aryl methyl sites for hydroxylation is 1. The predicted molar refractivity (Wildman–Crippen MR) is 174 cm³/mol. The van der Waals surface area contributed by atoms with Gasteiger partial charge in [-0.25, -0.2) is 4.39 Å². The highest BCUT2D eigenvalue weighted by Crippen LogP contribution is 2.49. The molecule has 0 radical (unpaired) electrons. The van der Waals surface area contributed by atoms with E-state index in [4.69, 9.17) is 5.10 Å². The van der Waals surface area contributed by atoms with Crippen molar-refractivity contribution in [3.8, 4) is 0 Å². The third-order valence-corrected chi connectivity index (χ3v) is 10.1. The number of likely N-dealkylation sites (tertiary alicyclic amines) is 1. The van der Waals surface area contributed by atoms with Crippen molar-refractivity contribution in [1.29, 1.82) is 0 Å². The van der Waals surface area contributed by atoms with Crippen LogP contribution in [-0.2, 0) is 17.8 Å². The highest BCUT2D eigenvalue weighted by molar-refractivity contribution is 5.85. The number of nitrogens with zero attached hydrogens (tertiary/aromatic N) is 3. The molecule has 234 valence electrons. The van der Waals surface area contributed by atoms with Gasteiger partial charge >= 0.3 is 5.97 Å². The molecule has 1 aromatic heterocycles. The van der Waals surface area contributed by atoms with E-state index in [0.717, 1.165) is 76.0 Å². The second-order valence-corrected chi connectivity index (χ2v) is 12.9. The van der Waals surface area contributed by atoms with Crippen molar-refractivity contribution >= 4 is 30.8 Å². The van der Waals surface area contributed by atoms with Crippen molar-refractivity contribution in [3.63, 3.8) is 0 Å². The van der Waals surface area contributed by atoms with Gasteiger partial charge in [-0.15, -0.1) is 24.8 Å². The molecule has 2 aliphatic carbocycles. The van der Waals surface area contributed by atoms with Crippen LogP contribution in [0.15, 0.2) is 60.7 Å². The summed E-state index contributed by atoms with van der Waals surface area (Å²) in [5, 5.41) is 15.0. The van der Waals surface area contributed by atoms with Crippen LogP contribution in [0, 0.1) is 29.5 Å². The lowest BCUT2D eigenvalue weighted by molar-refractivity contribution is -0.144. The largest absolute Gasteiger partial charge is 0.481 e. The number of benzene rings is 2. The molecule has 5 nitrogen and oxygen atoms in total. The Bertz CT molecular complexity index is 1320. The number of aliphatic carboxylic acids is 1. The molecule has 43 heavy (non-hydrogen) atoms. The molecule has 1 N–H and O–H groups in total. The Hall–Kier alpha value is -2.41. The van der Waals surface area contributed by atoms with Gasteiger partial charge in [0.15, 0.2) is 0 Å². The lowest BCUT2D eigenvalue weighted by Gasteiger charge is -2.35. The van der Waals surface area contributed by atoms with E-state index in [-0.39, 0.29) is 48.4 Å². The van der Waals surface area contributed by atoms with Crippen molar-refractivity contribution in [3.05, 3.63) is 89.0 Å². The van der Waals surface area contributed by atoms with Crippen LogP contribution in [0.4, 0.5) is 4.39 Å². The molecule has 3 aliphatic rings. The molecule has 4 atom stereocenters. The summed E-state index contributed by atoms with van der Waals surface area (Å²) in [6, 6.07) is 19.9. The second kappa shape index (κ2) is 15.0.